The highest BCUT2D eigenvalue weighted by atomic mass is 15.0. The summed E-state index contributed by atoms with van der Waals surface area (Å²) in [5.74, 6) is 0.892. The molecular weight excluding hydrogens is 222 g/mol. The van der Waals surface area contributed by atoms with E-state index < -0.39 is 0 Å². The fourth-order valence-corrected chi connectivity index (χ4v) is 4.34. The molecule has 1 aliphatic heterocycles. The van der Waals surface area contributed by atoms with Crippen LogP contribution in [0.15, 0.2) is 0 Å². The zero-order valence-electron chi connectivity index (χ0n) is 11.5. The van der Waals surface area contributed by atoms with E-state index in [4.69, 9.17) is 5.73 Å². The standard InChI is InChI=1S/C15H29N3/c16-11-6-8-12(9-7-11)18-15-4-1-3-13(15)14-5-2-10-17-14/h11-15,17-18H,1-10,16H2. The van der Waals surface area contributed by atoms with Crippen molar-refractivity contribution >= 4 is 0 Å². The van der Waals surface area contributed by atoms with Gasteiger partial charge in [-0.25, -0.2) is 0 Å². The average Bonchev–Trinajstić information content (AvgIpc) is 3.02. The van der Waals surface area contributed by atoms with Crippen molar-refractivity contribution in [3.63, 3.8) is 0 Å². The molecule has 3 unspecified atom stereocenters. The molecule has 1 heterocycles. The van der Waals surface area contributed by atoms with Gasteiger partial charge >= 0.3 is 0 Å². The van der Waals surface area contributed by atoms with Gasteiger partial charge < -0.3 is 16.4 Å². The summed E-state index contributed by atoms with van der Waals surface area (Å²) >= 11 is 0. The summed E-state index contributed by atoms with van der Waals surface area (Å²) in [6.07, 6.45) is 12.1. The maximum atomic E-state index is 5.99. The molecule has 2 saturated carbocycles. The molecule has 0 bridgehead atoms. The molecule has 3 nitrogen and oxygen atoms in total. The van der Waals surface area contributed by atoms with Crippen molar-refractivity contribution in [3.05, 3.63) is 0 Å². The van der Waals surface area contributed by atoms with Crippen molar-refractivity contribution in [1.29, 1.82) is 0 Å². The van der Waals surface area contributed by atoms with E-state index in [1.54, 1.807) is 0 Å². The van der Waals surface area contributed by atoms with Gasteiger partial charge in [0.1, 0.15) is 0 Å². The van der Waals surface area contributed by atoms with E-state index in [0.29, 0.717) is 6.04 Å². The molecule has 0 radical (unpaired) electrons. The summed E-state index contributed by atoms with van der Waals surface area (Å²) in [7, 11) is 0. The van der Waals surface area contributed by atoms with Crippen LogP contribution in [0.25, 0.3) is 0 Å². The highest BCUT2D eigenvalue weighted by Gasteiger charge is 2.36. The van der Waals surface area contributed by atoms with E-state index in [9.17, 15) is 0 Å². The SMILES string of the molecule is NC1CCC(NC2CCCC2C2CCCN2)CC1. The average molecular weight is 251 g/mol. The second-order valence-corrected chi connectivity index (χ2v) is 6.68. The van der Waals surface area contributed by atoms with Gasteiger partial charge in [0.25, 0.3) is 0 Å². The normalized spacial score (nSPS) is 45.5. The number of hydrogen-bond acceptors (Lipinski definition) is 3. The maximum absolute atomic E-state index is 5.99. The Balaban J connectivity index is 1.51. The molecule has 4 N–H and O–H groups in total. The molecule has 3 fully saturated rings. The molecule has 0 aromatic heterocycles. The first-order chi connectivity index (χ1) is 8.83. The Morgan fingerprint density at radius 1 is 0.889 bits per heavy atom. The summed E-state index contributed by atoms with van der Waals surface area (Å²) < 4.78 is 0. The van der Waals surface area contributed by atoms with Crippen LogP contribution in [0.1, 0.15) is 57.8 Å². The van der Waals surface area contributed by atoms with Crippen LogP contribution in [0.3, 0.4) is 0 Å². The molecule has 3 heteroatoms. The summed E-state index contributed by atoms with van der Waals surface area (Å²) in [4.78, 5) is 0. The van der Waals surface area contributed by atoms with E-state index in [1.165, 1.54) is 64.3 Å². The monoisotopic (exact) mass is 251 g/mol. The van der Waals surface area contributed by atoms with Crippen LogP contribution in [0.2, 0.25) is 0 Å². The van der Waals surface area contributed by atoms with Crippen molar-refractivity contribution in [3.8, 4) is 0 Å². The van der Waals surface area contributed by atoms with Crippen LogP contribution in [-0.2, 0) is 0 Å². The van der Waals surface area contributed by atoms with Crippen LogP contribution in [0, 0.1) is 5.92 Å². The maximum Gasteiger partial charge on any atom is 0.0113 e. The van der Waals surface area contributed by atoms with Crippen LogP contribution in [-0.4, -0.2) is 30.7 Å². The minimum atomic E-state index is 0.471. The molecule has 0 amide bonds. The lowest BCUT2D eigenvalue weighted by Crippen LogP contribution is -2.48. The first-order valence-electron chi connectivity index (χ1n) is 8.08. The van der Waals surface area contributed by atoms with Crippen LogP contribution in [0.4, 0.5) is 0 Å². The van der Waals surface area contributed by atoms with Crippen LogP contribution < -0.4 is 16.4 Å². The van der Waals surface area contributed by atoms with Gasteiger partial charge in [-0.15, -0.1) is 0 Å². The zero-order valence-corrected chi connectivity index (χ0v) is 11.5. The molecule has 0 aromatic carbocycles. The van der Waals surface area contributed by atoms with E-state index >= 15 is 0 Å². The minimum absolute atomic E-state index is 0.471. The predicted octanol–water partition coefficient (Wildman–Crippen LogP) is 1.77. The lowest BCUT2D eigenvalue weighted by Gasteiger charge is -2.33. The van der Waals surface area contributed by atoms with E-state index in [1.807, 2.05) is 0 Å². The molecular formula is C15H29N3. The Hall–Kier alpha value is -0.120. The van der Waals surface area contributed by atoms with Gasteiger partial charge in [-0.3, -0.25) is 0 Å². The third-order valence-electron chi connectivity index (χ3n) is 5.41. The zero-order chi connectivity index (χ0) is 12.4. The minimum Gasteiger partial charge on any atom is -0.328 e. The van der Waals surface area contributed by atoms with Crippen molar-refractivity contribution in [2.45, 2.75) is 82.0 Å². The Morgan fingerprint density at radius 2 is 1.72 bits per heavy atom. The lowest BCUT2D eigenvalue weighted by atomic mass is 9.88. The summed E-state index contributed by atoms with van der Waals surface area (Å²) in [6.45, 7) is 1.24. The number of nitrogens with one attached hydrogen (secondary N) is 2. The summed E-state index contributed by atoms with van der Waals surface area (Å²) in [5, 5.41) is 7.68. The smallest absolute Gasteiger partial charge is 0.0113 e. The first-order valence-corrected chi connectivity index (χ1v) is 8.08. The second-order valence-electron chi connectivity index (χ2n) is 6.68. The van der Waals surface area contributed by atoms with Crippen LogP contribution >= 0.6 is 0 Å². The van der Waals surface area contributed by atoms with Crippen molar-refractivity contribution in [1.82, 2.24) is 10.6 Å². The van der Waals surface area contributed by atoms with Gasteiger partial charge in [0.15, 0.2) is 0 Å². The number of hydrogen-bond donors (Lipinski definition) is 3. The van der Waals surface area contributed by atoms with Crippen molar-refractivity contribution < 1.29 is 0 Å². The first kappa shape index (κ1) is 12.9. The Labute approximate surface area is 111 Å². The summed E-state index contributed by atoms with van der Waals surface area (Å²) in [6, 6.07) is 2.80. The van der Waals surface area contributed by atoms with Gasteiger partial charge in [0, 0.05) is 24.2 Å². The highest BCUT2D eigenvalue weighted by molar-refractivity contribution is 4.95. The van der Waals surface area contributed by atoms with E-state index in [0.717, 1.165) is 24.0 Å². The van der Waals surface area contributed by atoms with Crippen molar-refractivity contribution in [2.24, 2.45) is 11.7 Å². The summed E-state index contributed by atoms with van der Waals surface area (Å²) in [5.41, 5.74) is 5.99. The third-order valence-corrected chi connectivity index (χ3v) is 5.41. The van der Waals surface area contributed by atoms with Crippen LogP contribution in [0.5, 0.6) is 0 Å². The fraction of sp³-hybridized carbons (Fsp3) is 1.00. The van der Waals surface area contributed by atoms with Gasteiger partial charge in [-0.2, -0.15) is 0 Å². The van der Waals surface area contributed by atoms with Gasteiger partial charge in [0.05, 0.1) is 0 Å². The molecule has 0 aromatic rings. The van der Waals surface area contributed by atoms with E-state index in [2.05, 4.69) is 10.6 Å². The lowest BCUT2D eigenvalue weighted by molar-refractivity contribution is 0.259. The molecule has 3 rings (SSSR count). The predicted molar refractivity (Wildman–Crippen MR) is 75.5 cm³/mol. The number of nitrogens with two attached hydrogens (primary N) is 1. The molecule has 2 aliphatic carbocycles. The Morgan fingerprint density at radius 3 is 2.44 bits per heavy atom. The second kappa shape index (κ2) is 5.89. The largest absolute Gasteiger partial charge is 0.328 e. The molecule has 1 saturated heterocycles. The molecule has 104 valence electrons. The number of rotatable bonds is 3. The van der Waals surface area contributed by atoms with Gasteiger partial charge in [-0.05, 0) is 63.8 Å². The van der Waals surface area contributed by atoms with Gasteiger partial charge in [-0.1, -0.05) is 6.42 Å². The molecule has 3 atom stereocenters. The van der Waals surface area contributed by atoms with Gasteiger partial charge in [0.2, 0.25) is 0 Å². The quantitative estimate of drug-likeness (QED) is 0.716. The highest BCUT2D eigenvalue weighted by Crippen LogP contribution is 2.33. The molecule has 0 spiro atoms. The van der Waals surface area contributed by atoms with E-state index in [-0.39, 0.29) is 0 Å². The Bertz CT molecular complexity index is 254. The fourth-order valence-electron chi connectivity index (χ4n) is 4.34. The topological polar surface area (TPSA) is 50.1 Å². The Kier molecular flexibility index (Phi) is 4.22. The van der Waals surface area contributed by atoms with Crippen molar-refractivity contribution in [2.75, 3.05) is 6.54 Å². The molecule has 3 aliphatic rings. The molecule has 18 heavy (non-hydrogen) atoms. The third kappa shape index (κ3) is 2.89.